The molecule has 0 aromatic heterocycles. The molecule has 3 nitrogen and oxygen atoms in total. The van der Waals surface area contributed by atoms with Gasteiger partial charge < -0.3 is 11.1 Å². The quantitative estimate of drug-likeness (QED) is 0.670. The van der Waals surface area contributed by atoms with Crippen LogP contribution in [0.5, 0.6) is 0 Å². The minimum Gasteiger partial charge on any atom is -0.351 e. The maximum atomic E-state index is 11.4. The molecule has 3 N–H and O–H groups in total. The predicted octanol–water partition coefficient (Wildman–Crippen LogP) is 1.03. The Morgan fingerprint density at radius 2 is 2.15 bits per heavy atom. The molecule has 0 unspecified atom stereocenters. The third-order valence-corrected chi connectivity index (χ3v) is 2.42. The Morgan fingerprint density at radius 1 is 1.54 bits per heavy atom. The molecule has 1 fully saturated rings. The lowest BCUT2D eigenvalue weighted by molar-refractivity contribution is -0.123. The summed E-state index contributed by atoms with van der Waals surface area (Å²) in [5, 5.41) is 3.01. The summed E-state index contributed by atoms with van der Waals surface area (Å²) in [6.07, 6.45) is 3.99. The molecule has 0 saturated heterocycles. The number of nitrogens with one attached hydrogen (secondary N) is 1. The summed E-state index contributed by atoms with van der Waals surface area (Å²) in [6.45, 7) is 4.66. The van der Waals surface area contributed by atoms with Gasteiger partial charge >= 0.3 is 0 Å². The zero-order chi connectivity index (χ0) is 9.90. The number of rotatable bonds is 5. The van der Waals surface area contributed by atoms with E-state index in [0.29, 0.717) is 18.9 Å². The van der Waals surface area contributed by atoms with Crippen LogP contribution in [0.1, 0.15) is 39.5 Å². The predicted molar refractivity (Wildman–Crippen MR) is 53.2 cm³/mol. The van der Waals surface area contributed by atoms with Crippen LogP contribution in [0.4, 0.5) is 0 Å². The number of carbonyl (C=O) groups is 1. The first-order valence-electron chi connectivity index (χ1n) is 5.04. The second-order valence-corrected chi connectivity index (χ2v) is 4.62. The topological polar surface area (TPSA) is 55.1 Å². The molecule has 0 aliphatic heterocycles. The van der Waals surface area contributed by atoms with E-state index in [1.54, 1.807) is 0 Å². The lowest BCUT2D eigenvalue weighted by Crippen LogP contribution is -2.44. The van der Waals surface area contributed by atoms with Gasteiger partial charge in [0.15, 0.2) is 0 Å². The average molecular weight is 184 g/mol. The Bertz CT molecular complexity index is 185. The third-order valence-electron chi connectivity index (χ3n) is 2.42. The minimum atomic E-state index is -0.138. The molecule has 76 valence electrons. The van der Waals surface area contributed by atoms with Crippen LogP contribution in [0.3, 0.4) is 0 Å². The molecule has 0 bridgehead atoms. The molecule has 0 atom stereocenters. The number of amides is 1. The van der Waals surface area contributed by atoms with Crippen molar-refractivity contribution in [1.82, 2.24) is 5.32 Å². The summed E-state index contributed by atoms with van der Waals surface area (Å²) < 4.78 is 0. The van der Waals surface area contributed by atoms with Crippen molar-refractivity contribution < 1.29 is 4.79 Å². The van der Waals surface area contributed by atoms with Crippen LogP contribution >= 0.6 is 0 Å². The van der Waals surface area contributed by atoms with Crippen molar-refractivity contribution in [2.75, 3.05) is 6.54 Å². The molecule has 1 rings (SSSR count). The molecule has 1 aliphatic carbocycles. The SMILES string of the molecule is CC(C)(CCN)NC(=O)CC1CC1. The Hall–Kier alpha value is -0.570. The first-order valence-corrected chi connectivity index (χ1v) is 5.04. The van der Waals surface area contributed by atoms with Gasteiger partial charge in [-0.05, 0) is 45.6 Å². The van der Waals surface area contributed by atoms with E-state index in [9.17, 15) is 4.79 Å². The van der Waals surface area contributed by atoms with E-state index >= 15 is 0 Å². The summed E-state index contributed by atoms with van der Waals surface area (Å²) >= 11 is 0. The van der Waals surface area contributed by atoms with E-state index in [0.717, 1.165) is 6.42 Å². The molecule has 1 aliphatic rings. The summed E-state index contributed by atoms with van der Waals surface area (Å²) in [5.74, 6) is 0.842. The molecule has 1 amide bonds. The van der Waals surface area contributed by atoms with Gasteiger partial charge in [0.25, 0.3) is 0 Å². The van der Waals surface area contributed by atoms with Crippen LogP contribution in [-0.4, -0.2) is 18.0 Å². The van der Waals surface area contributed by atoms with Gasteiger partial charge in [-0.2, -0.15) is 0 Å². The van der Waals surface area contributed by atoms with Crippen molar-refractivity contribution in [2.45, 2.75) is 45.1 Å². The van der Waals surface area contributed by atoms with Crippen molar-refractivity contribution in [3.63, 3.8) is 0 Å². The summed E-state index contributed by atoms with van der Waals surface area (Å²) in [7, 11) is 0. The number of hydrogen-bond acceptors (Lipinski definition) is 2. The van der Waals surface area contributed by atoms with Crippen molar-refractivity contribution in [1.29, 1.82) is 0 Å². The highest BCUT2D eigenvalue weighted by molar-refractivity contribution is 5.77. The Morgan fingerprint density at radius 3 is 2.62 bits per heavy atom. The molecule has 0 radical (unpaired) electrons. The van der Waals surface area contributed by atoms with Gasteiger partial charge in [-0.25, -0.2) is 0 Å². The molecule has 0 aromatic rings. The first-order chi connectivity index (χ1) is 6.03. The molecule has 3 heteroatoms. The average Bonchev–Trinajstić information content (AvgIpc) is 2.68. The summed E-state index contributed by atoms with van der Waals surface area (Å²) in [6, 6.07) is 0. The maximum absolute atomic E-state index is 11.4. The fourth-order valence-electron chi connectivity index (χ4n) is 1.44. The van der Waals surface area contributed by atoms with Gasteiger partial charge in [0.05, 0.1) is 0 Å². The van der Waals surface area contributed by atoms with Gasteiger partial charge in [0.1, 0.15) is 0 Å². The number of carbonyl (C=O) groups excluding carboxylic acids is 1. The highest BCUT2D eigenvalue weighted by Gasteiger charge is 2.27. The zero-order valence-electron chi connectivity index (χ0n) is 8.60. The van der Waals surface area contributed by atoms with Crippen molar-refractivity contribution in [3.05, 3.63) is 0 Å². The van der Waals surface area contributed by atoms with Crippen molar-refractivity contribution in [3.8, 4) is 0 Å². The Kier molecular flexibility index (Phi) is 3.31. The lowest BCUT2D eigenvalue weighted by atomic mass is 10.0. The van der Waals surface area contributed by atoms with Crippen LogP contribution in [0.25, 0.3) is 0 Å². The number of nitrogens with two attached hydrogens (primary N) is 1. The monoisotopic (exact) mass is 184 g/mol. The van der Waals surface area contributed by atoms with Crippen molar-refractivity contribution in [2.24, 2.45) is 11.7 Å². The van der Waals surface area contributed by atoms with Crippen LogP contribution in [0.15, 0.2) is 0 Å². The van der Waals surface area contributed by atoms with Crippen LogP contribution in [0, 0.1) is 5.92 Å². The van der Waals surface area contributed by atoms with Crippen LogP contribution in [0.2, 0.25) is 0 Å². The molecule has 0 aromatic carbocycles. The molecular weight excluding hydrogens is 164 g/mol. The minimum absolute atomic E-state index is 0.138. The van der Waals surface area contributed by atoms with E-state index in [4.69, 9.17) is 5.73 Å². The van der Waals surface area contributed by atoms with E-state index in [-0.39, 0.29) is 11.4 Å². The Balaban J connectivity index is 2.23. The van der Waals surface area contributed by atoms with Gasteiger partial charge in [-0.1, -0.05) is 0 Å². The molecule has 0 spiro atoms. The summed E-state index contributed by atoms with van der Waals surface area (Å²) in [4.78, 5) is 11.4. The number of hydrogen-bond donors (Lipinski definition) is 2. The van der Waals surface area contributed by atoms with Gasteiger partial charge in [-0.3, -0.25) is 4.79 Å². The molecular formula is C10H20N2O. The van der Waals surface area contributed by atoms with Crippen molar-refractivity contribution >= 4 is 5.91 Å². The van der Waals surface area contributed by atoms with E-state index in [2.05, 4.69) is 5.32 Å². The smallest absolute Gasteiger partial charge is 0.220 e. The standard InChI is InChI=1S/C10H20N2O/c1-10(2,5-6-11)12-9(13)7-8-3-4-8/h8H,3-7,11H2,1-2H3,(H,12,13). The maximum Gasteiger partial charge on any atom is 0.220 e. The molecule has 0 heterocycles. The largest absolute Gasteiger partial charge is 0.351 e. The summed E-state index contributed by atoms with van der Waals surface area (Å²) in [5.41, 5.74) is 5.31. The van der Waals surface area contributed by atoms with E-state index in [1.165, 1.54) is 12.8 Å². The van der Waals surface area contributed by atoms with E-state index < -0.39 is 0 Å². The van der Waals surface area contributed by atoms with Gasteiger partial charge in [-0.15, -0.1) is 0 Å². The normalized spacial score (nSPS) is 17.2. The second kappa shape index (κ2) is 4.09. The second-order valence-electron chi connectivity index (χ2n) is 4.62. The first kappa shape index (κ1) is 10.5. The third kappa shape index (κ3) is 4.27. The van der Waals surface area contributed by atoms with Gasteiger partial charge in [0, 0.05) is 12.0 Å². The fourth-order valence-corrected chi connectivity index (χ4v) is 1.44. The van der Waals surface area contributed by atoms with Crippen LogP contribution in [-0.2, 0) is 4.79 Å². The highest BCUT2D eigenvalue weighted by atomic mass is 16.1. The van der Waals surface area contributed by atoms with Gasteiger partial charge in [0.2, 0.25) is 5.91 Å². The lowest BCUT2D eigenvalue weighted by Gasteiger charge is -2.25. The van der Waals surface area contributed by atoms with E-state index in [1.807, 2.05) is 13.8 Å². The Labute approximate surface area is 80.1 Å². The molecule has 1 saturated carbocycles. The zero-order valence-corrected chi connectivity index (χ0v) is 8.60. The van der Waals surface area contributed by atoms with Crippen LogP contribution < -0.4 is 11.1 Å². The highest BCUT2D eigenvalue weighted by Crippen LogP contribution is 2.32. The fraction of sp³-hybridized carbons (Fsp3) is 0.900. The molecule has 13 heavy (non-hydrogen) atoms.